The first-order valence-electron chi connectivity index (χ1n) is 18.5. The van der Waals surface area contributed by atoms with Gasteiger partial charge in [-0.1, -0.05) is 50.6 Å². The van der Waals surface area contributed by atoms with Crippen LogP contribution < -0.4 is 15.4 Å². The van der Waals surface area contributed by atoms with Crippen molar-refractivity contribution in [2.24, 2.45) is 5.92 Å². The highest BCUT2D eigenvalue weighted by molar-refractivity contribution is 7.90. The lowest BCUT2D eigenvalue weighted by atomic mass is 10.0. The van der Waals surface area contributed by atoms with Crippen LogP contribution in [-0.2, 0) is 42.2 Å². The molecule has 4 amide bonds. The Bertz CT molecular complexity index is 1780. The van der Waals surface area contributed by atoms with Crippen LogP contribution in [0.5, 0.6) is 0 Å². The zero-order chi connectivity index (χ0) is 36.8. The van der Waals surface area contributed by atoms with Gasteiger partial charge < -0.3 is 25.0 Å². The normalized spacial score (nSPS) is 30.3. The van der Waals surface area contributed by atoms with Gasteiger partial charge in [0.1, 0.15) is 29.6 Å². The molecule has 3 saturated carbocycles. The number of amides is 4. The minimum Gasteiger partial charge on any atom is -0.444 e. The van der Waals surface area contributed by atoms with Gasteiger partial charge in [-0.15, -0.1) is 0 Å². The Morgan fingerprint density at radius 1 is 1.12 bits per heavy atom. The molecule has 4 fully saturated rings. The Morgan fingerprint density at radius 2 is 1.90 bits per heavy atom. The van der Waals surface area contributed by atoms with E-state index >= 15 is 0 Å². The highest BCUT2D eigenvalue weighted by Gasteiger charge is 2.59. The van der Waals surface area contributed by atoms with E-state index in [1.165, 1.54) is 15.9 Å². The topological polar surface area (TPSA) is 163 Å². The first kappa shape index (κ1) is 36.2. The zero-order valence-corrected chi connectivity index (χ0v) is 30.4. The predicted molar refractivity (Wildman–Crippen MR) is 187 cm³/mol. The van der Waals surface area contributed by atoms with Gasteiger partial charge in [0.05, 0.1) is 23.9 Å². The summed E-state index contributed by atoms with van der Waals surface area (Å²) in [5.41, 5.74) is -0.367. The minimum atomic E-state index is -3.67. The summed E-state index contributed by atoms with van der Waals surface area (Å²) in [5, 5.41) is 5.33. The second-order valence-electron chi connectivity index (χ2n) is 15.3. The molecule has 13 nitrogen and oxygen atoms in total. The third-order valence-electron chi connectivity index (χ3n) is 11.5. The standard InChI is InChI=1S/C37H48FN5O8S/c1-3-36(16-17-36)51-34(46)39-30-13-8-6-4-5-7-11-25-19-37(25,23(2)41-52(48,49)27-14-15-27)40-32(44)31-18-26(21-43(31)33(30)45)50-35(47)42-20-24-10-9-12-29(38)28(24)22-42/h7,9-12,25-27,30-31,41H,2-6,8,13-22H2,1H3,(H,39,46)(H,40,44)/b11-7-/t25-,26-,30+,31+,37+/m1/s1. The van der Waals surface area contributed by atoms with Gasteiger partial charge in [0.15, 0.2) is 0 Å². The molecular formula is C37H48FN5O8S. The maximum absolute atomic E-state index is 14.4. The van der Waals surface area contributed by atoms with E-state index < -0.39 is 74.4 Å². The molecule has 0 unspecified atom stereocenters. The van der Waals surface area contributed by atoms with Crippen molar-refractivity contribution in [3.8, 4) is 0 Å². The van der Waals surface area contributed by atoms with E-state index in [1.54, 1.807) is 12.1 Å². The molecular weight excluding hydrogens is 693 g/mol. The summed E-state index contributed by atoms with van der Waals surface area (Å²) >= 11 is 0. The summed E-state index contributed by atoms with van der Waals surface area (Å²) in [4.78, 5) is 57.9. The quantitative estimate of drug-likeness (QED) is 0.333. The van der Waals surface area contributed by atoms with Crippen molar-refractivity contribution in [1.82, 2.24) is 25.2 Å². The number of fused-ring (bicyclic) bond motifs is 3. The number of rotatable bonds is 8. The van der Waals surface area contributed by atoms with Crippen LogP contribution in [0.4, 0.5) is 14.0 Å². The van der Waals surface area contributed by atoms with E-state index in [0.29, 0.717) is 49.7 Å². The Hall–Kier alpha value is -4.14. The van der Waals surface area contributed by atoms with Gasteiger partial charge in [-0.2, -0.15) is 0 Å². The molecule has 1 aromatic rings. The van der Waals surface area contributed by atoms with Crippen LogP contribution in [0.2, 0.25) is 0 Å². The monoisotopic (exact) mass is 741 g/mol. The van der Waals surface area contributed by atoms with Crippen LogP contribution in [0.3, 0.4) is 0 Å². The molecule has 3 aliphatic carbocycles. The molecule has 15 heteroatoms. The number of ether oxygens (including phenoxy) is 2. The number of alkyl carbamates (subject to hydrolysis) is 1. The highest BCUT2D eigenvalue weighted by atomic mass is 32.2. The number of benzene rings is 1. The lowest BCUT2D eigenvalue weighted by Gasteiger charge is -2.31. The van der Waals surface area contributed by atoms with Crippen molar-refractivity contribution in [3.05, 3.63) is 59.6 Å². The third-order valence-corrected chi connectivity index (χ3v) is 13.4. The first-order valence-corrected chi connectivity index (χ1v) is 20.1. The lowest BCUT2D eigenvalue weighted by molar-refractivity contribution is -0.140. The van der Waals surface area contributed by atoms with Crippen LogP contribution in [0.25, 0.3) is 0 Å². The van der Waals surface area contributed by atoms with Gasteiger partial charge in [0.25, 0.3) is 0 Å². The van der Waals surface area contributed by atoms with Crippen LogP contribution in [0.15, 0.2) is 42.6 Å². The van der Waals surface area contributed by atoms with Crippen LogP contribution >= 0.6 is 0 Å². The molecule has 0 bridgehead atoms. The maximum atomic E-state index is 14.4. The second-order valence-corrected chi connectivity index (χ2v) is 17.2. The minimum absolute atomic E-state index is 0.0315. The Labute approximate surface area is 303 Å². The van der Waals surface area contributed by atoms with Crippen molar-refractivity contribution >= 4 is 34.0 Å². The van der Waals surface area contributed by atoms with E-state index in [0.717, 1.165) is 32.1 Å². The average Bonchev–Trinajstić information content (AvgIpc) is 4.06. The average molecular weight is 742 g/mol. The maximum Gasteiger partial charge on any atom is 0.410 e. The van der Waals surface area contributed by atoms with Crippen molar-refractivity contribution in [2.75, 3.05) is 6.54 Å². The highest BCUT2D eigenvalue weighted by Crippen LogP contribution is 2.50. The molecule has 282 valence electrons. The number of sulfonamides is 1. The molecule has 52 heavy (non-hydrogen) atoms. The molecule has 0 spiro atoms. The Kier molecular flexibility index (Phi) is 9.76. The number of nitrogens with one attached hydrogen (secondary N) is 3. The van der Waals surface area contributed by atoms with Crippen LogP contribution in [-0.4, -0.2) is 83.3 Å². The fourth-order valence-corrected chi connectivity index (χ4v) is 9.21. The molecule has 1 saturated heterocycles. The van der Waals surface area contributed by atoms with E-state index in [2.05, 4.69) is 21.9 Å². The summed E-state index contributed by atoms with van der Waals surface area (Å²) in [6.07, 6.45) is 8.72. The predicted octanol–water partition coefficient (Wildman–Crippen LogP) is 4.28. The van der Waals surface area contributed by atoms with Crippen molar-refractivity contribution in [1.29, 1.82) is 0 Å². The molecule has 3 aliphatic heterocycles. The van der Waals surface area contributed by atoms with E-state index in [1.807, 2.05) is 19.1 Å². The summed E-state index contributed by atoms with van der Waals surface area (Å²) in [6.45, 7) is 6.09. The number of carbonyl (C=O) groups is 4. The van der Waals surface area contributed by atoms with Gasteiger partial charge >= 0.3 is 12.2 Å². The molecule has 7 rings (SSSR count). The van der Waals surface area contributed by atoms with Gasteiger partial charge in [0, 0.05) is 30.1 Å². The van der Waals surface area contributed by atoms with Gasteiger partial charge in [-0.05, 0) is 69.4 Å². The summed E-state index contributed by atoms with van der Waals surface area (Å²) in [5.74, 6) is -1.68. The summed E-state index contributed by atoms with van der Waals surface area (Å²) in [6, 6.07) is 2.57. The van der Waals surface area contributed by atoms with Gasteiger partial charge in [0.2, 0.25) is 21.8 Å². The number of carbonyl (C=O) groups excluding carboxylic acids is 4. The number of allylic oxidation sites excluding steroid dienone is 1. The molecule has 6 aliphatic rings. The number of halogens is 1. The largest absolute Gasteiger partial charge is 0.444 e. The number of hydrogen-bond donors (Lipinski definition) is 3. The van der Waals surface area contributed by atoms with Crippen LogP contribution in [0, 0.1) is 11.7 Å². The van der Waals surface area contributed by atoms with Crippen LogP contribution in [0.1, 0.15) is 95.1 Å². The smallest absolute Gasteiger partial charge is 0.410 e. The Balaban J connectivity index is 1.13. The molecule has 3 N–H and O–H groups in total. The lowest BCUT2D eigenvalue weighted by Crippen LogP contribution is -2.56. The summed E-state index contributed by atoms with van der Waals surface area (Å²) in [7, 11) is -3.67. The SMILES string of the molecule is C=C(NS(=O)(=O)C1CC1)[C@@]12C[C@H]1/C=C\CCCCC[C@H](NC(=O)OC1(CC)CC1)C(=O)N1C[C@H](OC(=O)N3Cc4cccc(F)c4C3)C[C@H]1C(=O)N2. The fourth-order valence-electron chi connectivity index (χ4n) is 7.76. The molecule has 0 aromatic heterocycles. The second kappa shape index (κ2) is 14.0. The zero-order valence-electron chi connectivity index (χ0n) is 29.5. The van der Waals surface area contributed by atoms with E-state index in [4.69, 9.17) is 9.47 Å². The van der Waals surface area contributed by atoms with E-state index in [-0.39, 0.29) is 37.7 Å². The van der Waals surface area contributed by atoms with Gasteiger partial charge in [-0.3, -0.25) is 19.2 Å². The number of nitrogens with zero attached hydrogens (tertiary/aromatic N) is 2. The third kappa shape index (κ3) is 7.51. The molecule has 1 aromatic carbocycles. The van der Waals surface area contributed by atoms with Crippen molar-refractivity contribution in [2.45, 2.75) is 132 Å². The molecule has 5 atom stereocenters. The van der Waals surface area contributed by atoms with Crippen molar-refractivity contribution < 1.29 is 41.5 Å². The van der Waals surface area contributed by atoms with E-state index in [9.17, 15) is 32.0 Å². The molecule has 3 heterocycles. The van der Waals surface area contributed by atoms with Gasteiger partial charge in [-0.25, -0.2) is 22.4 Å². The fraction of sp³-hybridized carbons (Fsp3) is 0.622. The number of hydrogen-bond acceptors (Lipinski definition) is 8. The summed E-state index contributed by atoms with van der Waals surface area (Å²) < 4.78 is 54.5. The molecule has 0 radical (unpaired) electrons. The Morgan fingerprint density at radius 3 is 2.62 bits per heavy atom. The first-order chi connectivity index (χ1) is 24.8. The van der Waals surface area contributed by atoms with Crippen molar-refractivity contribution in [3.63, 3.8) is 0 Å².